The maximum absolute atomic E-state index is 13.7. The summed E-state index contributed by atoms with van der Waals surface area (Å²) in [5, 5.41) is 13.4. The molecule has 0 bridgehead atoms. The Morgan fingerprint density at radius 2 is 2.00 bits per heavy atom. The third-order valence-electron chi connectivity index (χ3n) is 5.34. The molecule has 1 saturated heterocycles. The van der Waals surface area contributed by atoms with Gasteiger partial charge >= 0.3 is 19.4 Å². The highest BCUT2D eigenvalue weighted by molar-refractivity contribution is 7.52. The Bertz CT molecular complexity index is 1210. The molecule has 1 aliphatic rings. The third-order valence-corrected chi connectivity index (χ3v) is 7.68. The molecule has 0 spiro atoms. The van der Waals surface area contributed by atoms with Crippen molar-refractivity contribution in [3.8, 4) is 5.75 Å². The number of aromatic nitrogens is 2. The molecule has 1 aliphatic heterocycles. The highest BCUT2D eigenvalue weighted by atomic mass is 35.5. The topological polar surface area (TPSA) is 164 Å². The second-order valence-electron chi connectivity index (χ2n) is 8.82. The standard InChI is InChI=1S/C22H29Cl2N4O8P/c1-12(2)34-19(30)13(3)27-37(32,36-14-8-6-5-7-9-14)33-11-16-17(29)22(4,24)20(35-16)28-10-15(23)18(25)26-21(28)31/h5-10,12-13,16-17,20,29H,11H2,1-4H3,(H,27,32)(H2,25,26,31)/t13-,16-,17-,20-,22-,37?/m1/s1. The Hall–Kier alpha value is -2.18. The quantitative estimate of drug-likeness (QED) is 0.215. The predicted octanol–water partition coefficient (Wildman–Crippen LogP) is 2.87. The van der Waals surface area contributed by atoms with Crippen LogP contribution in [0.2, 0.25) is 5.02 Å². The van der Waals surface area contributed by atoms with E-state index in [0.717, 1.165) is 4.57 Å². The van der Waals surface area contributed by atoms with Crippen molar-refractivity contribution >= 4 is 42.7 Å². The van der Waals surface area contributed by atoms with Gasteiger partial charge in [-0.3, -0.25) is 13.9 Å². The average molecular weight is 579 g/mol. The number of carbonyl (C=O) groups excluding carboxylic acids is 1. The van der Waals surface area contributed by atoms with Gasteiger partial charge in [-0.1, -0.05) is 29.8 Å². The van der Waals surface area contributed by atoms with Crippen LogP contribution in [-0.2, 0) is 23.4 Å². The smallest absolute Gasteiger partial charge is 0.459 e. The number of nitrogen functional groups attached to an aromatic ring is 1. The Morgan fingerprint density at radius 3 is 2.62 bits per heavy atom. The molecule has 15 heteroatoms. The molecule has 1 unspecified atom stereocenters. The van der Waals surface area contributed by atoms with E-state index < -0.39 is 61.5 Å². The van der Waals surface area contributed by atoms with E-state index in [1.807, 2.05) is 0 Å². The van der Waals surface area contributed by atoms with Crippen molar-refractivity contribution in [3.63, 3.8) is 0 Å². The van der Waals surface area contributed by atoms with Crippen LogP contribution in [0.1, 0.15) is 33.9 Å². The molecule has 1 fully saturated rings. The van der Waals surface area contributed by atoms with Crippen LogP contribution in [-0.4, -0.2) is 56.5 Å². The van der Waals surface area contributed by atoms with Crippen LogP contribution in [0, 0.1) is 0 Å². The fourth-order valence-corrected chi connectivity index (χ4v) is 5.43. The number of hydrogen-bond donors (Lipinski definition) is 3. The summed E-state index contributed by atoms with van der Waals surface area (Å²) in [6, 6.07) is 7.08. The van der Waals surface area contributed by atoms with Gasteiger partial charge < -0.3 is 24.8 Å². The molecule has 0 amide bonds. The van der Waals surface area contributed by atoms with Crippen LogP contribution in [0.5, 0.6) is 5.75 Å². The van der Waals surface area contributed by atoms with Crippen molar-refractivity contribution in [1.82, 2.24) is 14.6 Å². The lowest BCUT2D eigenvalue weighted by Crippen LogP contribution is -2.42. The van der Waals surface area contributed by atoms with Gasteiger partial charge in [0, 0.05) is 6.20 Å². The largest absolute Gasteiger partial charge is 0.462 e. The van der Waals surface area contributed by atoms with E-state index in [9.17, 15) is 19.3 Å². The van der Waals surface area contributed by atoms with Gasteiger partial charge in [0.15, 0.2) is 6.23 Å². The van der Waals surface area contributed by atoms with E-state index >= 15 is 0 Å². The highest BCUT2D eigenvalue weighted by Crippen LogP contribution is 2.48. The maximum Gasteiger partial charge on any atom is 0.459 e. The molecular weight excluding hydrogens is 550 g/mol. The van der Waals surface area contributed by atoms with Gasteiger partial charge in [0.05, 0.1) is 17.7 Å². The Morgan fingerprint density at radius 1 is 1.35 bits per heavy atom. The minimum absolute atomic E-state index is 0.0166. The summed E-state index contributed by atoms with van der Waals surface area (Å²) in [5.41, 5.74) is 4.77. The molecule has 0 radical (unpaired) electrons. The Balaban J connectivity index is 1.81. The average Bonchev–Trinajstić information content (AvgIpc) is 3.03. The lowest BCUT2D eigenvalue weighted by Gasteiger charge is -2.26. The van der Waals surface area contributed by atoms with E-state index in [2.05, 4.69) is 10.1 Å². The molecule has 3 rings (SSSR count). The number of hydrogen-bond acceptors (Lipinski definition) is 10. The van der Waals surface area contributed by atoms with Gasteiger partial charge in [-0.05, 0) is 39.8 Å². The summed E-state index contributed by atoms with van der Waals surface area (Å²) in [6.45, 7) is 5.74. The highest BCUT2D eigenvalue weighted by Gasteiger charge is 2.54. The molecule has 204 valence electrons. The number of benzene rings is 1. The summed E-state index contributed by atoms with van der Waals surface area (Å²) in [7, 11) is -4.23. The van der Waals surface area contributed by atoms with Crippen molar-refractivity contribution in [2.45, 2.75) is 63.2 Å². The molecule has 1 aromatic carbocycles. The van der Waals surface area contributed by atoms with Crippen LogP contribution >= 0.6 is 30.9 Å². The molecule has 6 atom stereocenters. The van der Waals surface area contributed by atoms with Crippen molar-refractivity contribution in [1.29, 1.82) is 0 Å². The van der Waals surface area contributed by atoms with Crippen molar-refractivity contribution in [2.24, 2.45) is 0 Å². The monoisotopic (exact) mass is 578 g/mol. The van der Waals surface area contributed by atoms with E-state index in [4.69, 9.17) is 47.5 Å². The third kappa shape index (κ3) is 7.02. The zero-order chi connectivity index (χ0) is 27.5. The van der Waals surface area contributed by atoms with E-state index in [1.165, 1.54) is 20.0 Å². The van der Waals surface area contributed by atoms with Crippen molar-refractivity contribution < 1.29 is 33.0 Å². The molecule has 4 N–H and O–H groups in total. The first-order valence-corrected chi connectivity index (χ1v) is 13.6. The van der Waals surface area contributed by atoms with Crippen molar-refractivity contribution in [3.05, 3.63) is 52.0 Å². The minimum atomic E-state index is -4.23. The number of anilines is 1. The lowest BCUT2D eigenvalue weighted by atomic mass is 10.0. The molecule has 2 heterocycles. The normalized spacial score (nSPS) is 26.0. The van der Waals surface area contributed by atoms with E-state index in [1.54, 1.807) is 44.2 Å². The number of nitrogens with one attached hydrogen (secondary N) is 1. The number of nitrogens with two attached hydrogens (primary N) is 1. The summed E-state index contributed by atoms with van der Waals surface area (Å²) >= 11 is 12.6. The Kier molecular flexibility index (Phi) is 9.28. The number of esters is 1. The van der Waals surface area contributed by atoms with Crippen LogP contribution in [0.4, 0.5) is 5.82 Å². The zero-order valence-corrected chi connectivity index (χ0v) is 22.9. The maximum atomic E-state index is 13.7. The second-order valence-corrected chi connectivity index (χ2v) is 11.7. The van der Waals surface area contributed by atoms with Gasteiger partial charge in [-0.15, -0.1) is 11.6 Å². The molecule has 0 saturated carbocycles. The first kappa shape index (κ1) is 29.4. The van der Waals surface area contributed by atoms with Gasteiger partial charge in [0.25, 0.3) is 0 Å². The van der Waals surface area contributed by atoms with Gasteiger partial charge in [-0.2, -0.15) is 10.1 Å². The number of aliphatic hydroxyl groups excluding tert-OH is 1. The van der Waals surface area contributed by atoms with E-state index in [-0.39, 0.29) is 16.6 Å². The number of carbonyl (C=O) groups is 1. The number of nitrogens with zero attached hydrogens (tertiary/aromatic N) is 2. The first-order valence-electron chi connectivity index (χ1n) is 11.3. The number of halogens is 2. The fraction of sp³-hybridized carbons (Fsp3) is 0.500. The lowest BCUT2D eigenvalue weighted by molar-refractivity contribution is -0.149. The number of alkyl halides is 1. The van der Waals surface area contributed by atoms with Crippen LogP contribution in [0.25, 0.3) is 0 Å². The van der Waals surface area contributed by atoms with Crippen LogP contribution in [0.15, 0.2) is 41.3 Å². The minimum Gasteiger partial charge on any atom is -0.462 e. The number of para-hydroxylation sites is 1. The number of rotatable bonds is 10. The zero-order valence-electron chi connectivity index (χ0n) is 20.5. The summed E-state index contributed by atoms with van der Waals surface area (Å²) < 4.78 is 36.8. The molecular formula is C22H29Cl2N4O8P. The number of aliphatic hydroxyl groups is 1. The molecule has 0 aliphatic carbocycles. The molecule has 37 heavy (non-hydrogen) atoms. The number of ether oxygens (including phenoxy) is 2. The second kappa shape index (κ2) is 11.7. The predicted molar refractivity (Wildman–Crippen MR) is 137 cm³/mol. The molecule has 2 aromatic rings. The molecule has 12 nitrogen and oxygen atoms in total. The van der Waals surface area contributed by atoms with Gasteiger partial charge in [-0.25, -0.2) is 9.36 Å². The Labute approximate surface area is 223 Å². The van der Waals surface area contributed by atoms with Crippen LogP contribution in [0.3, 0.4) is 0 Å². The summed E-state index contributed by atoms with van der Waals surface area (Å²) in [6.07, 6.45) is -2.98. The van der Waals surface area contributed by atoms with Crippen molar-refractivity contribution in [2.75, 3.05) is 12.3 Å². The first-order chi connectivity index (χ1) is 17.2. The SMILES string of the molecule is CC(C)OC(=O)[C@@H](C)NP(=O)(OC[C@H]1O[C@@H](n2cc(Cl)c(N)nc2=O)[C@](C)(Cl)[C@@H]1O)Oc1ccccc1. The fourth-order valence-electron chi connectivity index (χ4n) is 3.48. The summed E-state index contributed by atoms with van der Waals surface area (Å²) in [4.78, 5) is 26.8. The van der Waals surface area contributed by atoms with Gasteiger partial charge in [0.1, 0.15) is 34.7 Å². The van der Waals surface area contributed by atoms with E-state index in [0.29, 0.717) is 0 Å². The summed E-state index contributed by atoms with van der Waals surface area (Å²) in [5.74, 6) is -0.647. The molecule has 1 aromatic heterocycles. The van der Waals surface area contributed by atoms with Gasteiger partial charge in [0.2, 0.25) is 0 Å². The van der Waals surface area contributed by atoms with Crippen LogP contribution < -0.4 is 21.0 Å².